The minimum absolute atomic E-state index is 0.133. The van der Waals surface area contributed by atoms with Crippen molar-refractivity contribution in [2.45, 2.75) is 19.4 Å². The van der Waals surface area contributed by atoms with Crippen LogP contribution in [0.25, 0.3) is 11.1 Å². The van der Waals surface area contributed by atoms with E-state index < -0.39 is 0 Å². The van der Waals surface area contributed by atoms with Gasteiger partial charge in [-0.25, -0.2) is 4.39 Å². The third-order valence-electron chi connectivity index (χ3n) is 6.10. The number of hydrogen-bond donors (Lipinski definition) is 2. The van der Waals surface area contributed by atoms with Gasteiger partial charge in [-0.1, -0.05) is 24.3 Å². The van der Waals surface area contributed by atoms with Gasteiger partial charge in [0.05, 0.1) is 5.69 Å². The van der Waals surface area contributed by atoms with Gasteiger partial charge in [0.25, 0.3) is 5.91 Å². The molecule has 1 atom stereocenters. The fraction of sp³-hybridized carbons (Fsp3) is 0.259. The van der Waals surface area contributed by atoms with Gasteiger partial charge in [-0.15, -0.1) is 0 Å². The summed E-state index contributed by atoms with van der Waals surface area (Å²) in [6, 6.07) is 19.9. The molecule has 1 saturated heterocycles. The highest BCUT2D eigenvalue weighted by Gasteiger charge is 2.25. The molecule has 6 nitrogen and oxygen atoms in total. The highest BCUT2D eigenvalue weighted by atomic mass is 19.1. The minimum atomic E-state index is -0.341. The van der Waals surface area contributed by atoms with Crippen LogP contribution in [0.3, 0.4) is 0 Å². The van der Waals surface area contributed by atoms with Crippen LogP contribution in [0.4, 0.5) is 21.5 Å². The molecule has 0 saturated carbocycles. The molecule has 4 rings (SSSR count). The summed E-state index contributed by atoms with van der Waals surface area (Å²) >= 11 is 0. The molecule has 2 amide bonds. The second kappa shape index (κ2) is 10.1. The Hall–Kier alpha value is -3.71. The lowest BCUT2D eigenvalue weighted by atomic mass is 10.0. The fourth-order valence-electron chi connectivity index (χ4n) is 4.22. The lowest BCUT2D eigenvalue weighted by Gasteiger charge is -2.22. The van der Waals surface area contributed by atoms with Crippen LogP contribution in [0.15, 0.2) is 66.7 Å². The van der Waals surface area contributed by atoms with Gasteiger partial charge in [-0.2, -0.15) is 0 Å². The molecule has 0 spiro atoms. The van der Waals surface area contributed by atoms with E-state index in [1.165, 1.54) is 13.0 Å². The van der Waals surface area contributed by atoms with Gasteiger partial charge in [0.2, 0.25) is 5.91 Å². The Bertz CT molecular complexity index is 1190. The molecule has 7 heteroatoms. The Kier molecular flexibility index (Phi) is 6.93. The van der Waals surface area contributed by atoms with Crippen LogP contribution in [-0.4, -0.2) is 49.9 Å². The zero-order chi connectivity index (χ0) is 24.2. The molecule has 1 aliphatic heterocycles. The van der Waals surface area contributed by atoms with E-state index in [1.54, 1.807) is 24.3 Å². The normalized spacial score (nSPS) is 15.4. The average molecular weight is 461 g/mol. The van der Waals surface area contributed by atoms with Crippen LogP contribution in [0.1, 0.15) is 23.7 Å². The summed E-state index contributed by atoms with van der Waals surface area (Å²) in [5.41, 5.74) is 4.01. The Morgan fingerprint density at radius 3 is 2.32 bits per heavy atom. The fourth-order valence-corrected chi connectivity index (χ4v) is 4.22. The van der Waals surface area contributed by atoms with Crippen LogP contribution < -0.4 is 15.5 Å². The van der Waals surface area contributed by atoms with E-state index in [0.29, 0.717) is 28.7 Å². The van der Waals surface area contributed by atoms with Crippen molar-refractivity contribution in [3.05, 3.63) is 78.1 Å². The lowest BCUT2D eigenvalue weighted by Crippen LogP contribution is -2.31. The summed E-state index contributed by atoms with van der Waals surface area (Å²) < 4.78 is 14.8. The van der Waals surface area contributed by atoms with Gasteiger partial charge in [0.15, 0.2) is 0 Å². The molecule has 1 unspecified atom stereocenters. The van der Waals surface area contributed by atoms with Gasteiger partial charge < -0.3 is 20.4 Å². The second-order valence-electron chi connectivity index (χ2n) is 8.81. The zero-order valence-corrected chi connectivity index (χ0v) is 19.6. The van der Waals surface area contributed by atoms with E-state index in [0.717, 1.165) is 30.6 Å². The molecule has 0 radical (unpaired) electrons. The number of amides is 2. The van der Waals surface area contributed by atoms with Crippen molar-refractivity contribution in [1.82, 2.24) is 4.90 Å². The SMILES string of the molecule is CC(=O)Nc1cccc(-c2ccc(C(=O)Nc3ccc(N4CCC(N(C)C)C4)c(F)c3)cc2)c1. The Balaban J connectivity index is 1.42. The van der Waals surface area contributed by atoms with E-state index in [-0.39, 0.29) is 17.6 Å². The number of halogens is 1. The number of nitrogens with zero attached hydrogens (tertiary/aromatic N) is 2. The topological polar surface area (TPSA) is 64.7 Å². The quantitative estimate of drug-likeness (QED) is 0.552. The average Bonchev–Trinajstić information content (AvgIpc) is 3.29. The minimum Gasteiger partial charge on any atom is -0.368 e. The van der Waals surface area contributed by atoms with Crippen molar-refractivity contribution in [3.8, 4) is 11.1 Å². The number of hydrogen-bond acceptors (Lipinski definition) is 4. The van der Waals surface area contributed by atoms with Gasteiger partial charge in [0.1, 0.15) is 5.82 Å². The zero-order valence-electron chi connectivity index (χ0n) is 19.6. The van der Waals surface area contributed by atoms with E-state index in [2.05, 4.69) is 15.5 Å². The second-order valence-corrected chi connectivity index (χ2v) is 8.81. The van der Waals surface area contributed by atoms with E-state index in [1.807, 2.05) is 55.4 Å². The Labute approximate surface area is 199 Å². The molecular weight excluding hydrogens is 431 g/mol. The highest BCUT2D eigenvalue weighted by molar-refractivity contribution is 6.04. The maximum atomic E-state index is 14.8. The van der Waals surface area contributed by atoms with E-state index >= 15 is 0 Å². The van der Waals surface area contributed by atoms with Crippen LogP contribution in [-0.2, 0) is 4.79 Å². The third kappa shape index (κ3) is 5.43. The molecule has 1 fully saturated rings. The number of carbonyl (C=O) groups excluding carboxylic acids is 2. The Morgan fingerprint density at radius 2 is 1.68 bits per heavy atom. The number of benzene rings is 3. The number of carbonyl (C=O) groups is 2. The molecule has 3 aromatic carbocycles. The summed E-state index contributed by atoms with van der Waals surface area (Å²) in [7, 11) is 4.08. The predicted octanol–water partition coefficient (Wildman–Crippen LogP) is 4.84. The van der Waals surface area contributed by atoms with Crippen molar-refractivity contribution >= 4 is 28.9 Å². The van der Waals surface area contributed by atoms with Crippen molar-refractivity contribution in [2.24, 2.45) is 0 Å². The third-order valence-corrected chi connectivity index (χ3v) is 6.10. The first-order valence-electron chi connectivity index (χ1n) is 11.3. The van der Waals surface area contributed by atoms with Crippen molar-refractivity contribution < 1.29 is 14.0 Å². The molecule has 176 valence electrons. The van der Waals surface area contributed by atoms with Crippen molar-refractivity contribution in [3.63, 3.8) is 0 Å². The van der Waals surface area contributed by atoms with Gasteiger partial charge in [0, 0.05) is 43.0 Å². The van der Waals surface area contributed by atoms with Crippen molar-refractivity contribution in [2.75, 3.05) is 42.7 Å². The van der Waals surface area contributed by atoms with E-state index in [9.17, 15) is 14.0 Å². The predicted molar refractivity (Wildman–Crippen MR) is 135 cm³/mol. The van der Waals surface area contributed by atoms with Gasteiger partial charge in [-0.3, -0.25) is 9.59 Å². The Morgan fingerprint density at radius 1 is 0.941 bits per heavy atom. The number of likely N-dealkylation sites (N-methyl/N-ethyl adjacent to an activating group) is 1. The summed E-state index contributed by atoms with van der Waals surface area (Å²) in [4.78, 5) is 28.2. The van der Waals surface area contributed by atoms with Crippen LogP contribution in [0.2, 0.25) is 0 Å². The molecule has 0 aliphatic carbocycles. The number of nitrogens with one attached hydrogen (secondary N) is 2. The molecule has 0 aromatic heterocycles. The molecule has 3 aromatic rings. The number of anilines is 3. The maximum absolute atomic E-state index is 14.8. The lowest BCUT2D eigenvalue weighted by molar-refractivity contribution is -0.114. The molecule has 1 aliphatic rings. The van der Waals surface area contributed by atoms with Gasteiger partial charge >= 0.3 is 0 Å². The molecule has 0 bridgehead atoms. The largest absolute Gasteiger partial charge is 0.368 e. The van der Waals surface area contributed by atoms with Crippen LogP contribution >= 0.6 is 0 Å². The summed E-state index contributed by atoms with van der Waals surface area (Å²) in [6.07, 6.45) is 0.998. The highest BCUT2D eigenvalue weighted by Crippen LogP contribution is 2.28. The van der Waals surface area contributed by atoms with Crippen LogP contribution in [0, 0.1) is 5.82 Å². The first-order valence-corrected chi connectivity index (χ1v) is 11.3. The molecule has 1 heterocycles. The summed E-state index contributed by atoms with van der Waals surface area (Å²) in [5, 5.41) is 5.55. The van der Waals surface area contributed by atoms with Crippen LogP contribution in [0.5, 0.6) is 0 Å². The van der Waals surface area contributed by atoms with E-state index in [4.69, 9.17) is 0 Å². The smallest absolute Gasteiger partial charge is 0.255 e. The summed E-state index contributed by atoms with van der Waals surface area (Å²) in [5.74, 6) is -0.780. The maximum Gasteiger partial charge on any atom is 0.255 e. The van der Waals surface area contributed by atoms with Crippen molar-refractivity contribution in [1.29, 1.82) is 0 Å². The first-order chi connectivity index (χ1) is 16.3. The number of rotatable bonds is 6. The van der Waals surface area contributed by atoms with Gasteiger partial charge in [-0.05, 0) is 74.1 Å². The standard InChI is InChI=1S/C27H29FN4O2/c1-18(33)29-22-6-4-5-21(15-22)19-7-9-20(10-8-19)27(34)30-23-11-12-26(25(28)16-23)32-14-13-24(17-32)31(2)3/h4-12,15-16,24H,13-14,17H2,1-3H3,(H,29,33)(H,30,34). The summed E-state index contributed by atoms with van der Waals surface area (Å²) in [6.45, 7) is 3.06. The monoisotopic (exact) mass is 460 g/mol. The first kappa shape index (κ1) is 23.4. The molecule has 2 N–H and O–H groups in total. The molecular formula is C27H29FN4O2. The molecule has 34 heavy (non-hydrogen) atoms.